The summed E-state index contributed by atoms with van der Waals surface area (Å²) in [6, 6.07) is 37.4. The molecule has 0 atom stereocenters. The third-order valence-electron chi connectivity index (χ3n) is 13.0. The van der Waals surface area contributed by atoms with Crippen LogP contribution in [0, 0.1) is 0 Å². The van der Waals surface area contributed by atoms with E-state index in [0.717, 1.165) is 62.3 Å². The van der Waals surface area contributed by atoms with Crippen molar-refractivity contribution in [1.29, 1.82) is 0 Å². The van der Waals surface area contributed by atoms with Crippen molar-refractivity contribution in [2.75, 3.05) is 9.80 Å². The maximum atomic E-state index is 5.08. The molecule has 2 aliphatic rings. The number of hydrogen-bond acceptors (Lipinski definition) is 6. The smallest absolute Gasteiger partial charge is 0.134 e. The van der Waals surface area contributed by atoms with Gasteiger partial charge in [0.25, 0.3) is 0 Å². The van der Waals surface area contributed by atoms with E-state index in [4.69, 9.17) is 20.0 Å². The molecule has 55 heavy (non-hydrogen) atoms. The summed E-state index contributed by atoms with van der Waals surface area (Å²) < 4.78 is 2.41. The average Bonchev–Trinajstić information content (AvgIpc) is 3.63. The molecule has 276 valence electrons. The number of pyridine rings is 2. The van der Waals surface area contributed by atoms with E-state index in [9.17, 15) is 0 Å². The molecule has 9 rings (SSSR count). The summed E-state index contributed by atoms with van der Waals surface area (Å²) in [5.41, 5.74) is 7.00. The second-order valence-corrected chi connectivity index (χ2v) is 17.3. The molecule has 0 radical (unpaired) electrons. The zero-order valence-corrected chi connectivity index (χ0v) is 33.6. The Morgan fingerprint density at radius 2 is 1.00 bits per heavy atom. The Balaban J connectivity index is 1.20. The number of hydrogen-bond donors (Lipinski definition) is 0. The first-order valence-electron chi connectivity index (χ1n) is 19.3. The molecule has 0 fully saturated rings. The molecule has 7 aromatic rings. The monoisotopic (exact) mass is 723 g/mol. The van der Waals surface area contributed by atoms with Crippen molar-refractivity contribution in [2.24, 2.45) is 9.98 Å². The molecule has 0 saturated heterocycles. The van der Waals surface area contributed by atoms with Gasteiger partial charge < -0.3 is 14.4 Å². The Kier molecular flexibility index (Phi) is 7.52. The van der Waals surface area contributed by atoms with Crippen LogP contribution in [0.1, 0.15) is 69.2 Å². The van der Waals surface area contributed by atoms with Crippen molar-refractivity contribution in [2.45, 2.75) is 91.4 Å². The van der Waals surface area contributed by atoms with E-state index in [-0.39, 0.29) is 22.2 Å². The van der Waals surface area contributed by atoms with Crippen molar-refractivity contribution in [3.63, 3.8) is 0 Å². The second-order valence-electron chi connectivity index (χ2n) is 17.3. The van der Waals surface area contributed by atoms with E-state index >= 15 is 0 Å². The fraction of sp³-hybridized carbons (Fsp3) is 0.292. The summed E-state index contributed by atoms with van der Waals surface area (Å²) in [7, 11) is 0. The molecule has 0 unspecified atom stereocenters. The number of amidine groups is 2. The van der Waals surface area contributed by atoms with Gasteiger partial charge in [0, 0.05) is 40.0 Å². The molecule has 7 nitrogen and oxygen atoms in total. The summed E-state index contributed by atoms with van der Waals surface area (Å²) in [5, 5.41) is 4.87. The first-order valence-corrected chi connectivity index (χ1v) is 19.3. The fourth-order valence-electron chi connectivity index (χ4n) is 8.96. The molecule has 2 aliphatic heterocycles. The molecule has 0 saturated carbocycles. The highest BCUT2D eigenvalue weighted by Crippen LogP contribution is 2.45. The normalized spacial score (nSPS) is 18.4. The minimum absolute atomic E-state index is 0.198. The Morgan fingerprint density at radius 1 is 0.473 bits per heavy atom. The number of fused-ring (bicyclic) bond motifs is 5. The largest absolute Gasteiger partial charge is 0.309 e. The minimum atomic E-state index is -0.222. The number of para-hydroxylation sites is 1. The zero-order valence-electron chi connectivity index (χ0n) is 33.6. The van der Waals surface area contributed by atoms with Gasteiger partial charge in [0.15, 0.2) is 0 Å². The van der Waals surface area contributed by atoms with Crippen LogP contribution in [0.3, 0.4) is 0 Å². The van der Waals surface area contributed by atoms with Crippen LogP contribution in [-0.2, 0) is 0 Å². The van der Waals surface area contributed by atoms with Gasteiger partial charge in [0.1, 0.15) is 23.3 Å². The molecule has 0 N–H and O–H groups in total. The number of rotatable bonds is 5. The van der Waals surface area contributed by atoms with Crippen LogP contribution in [0.15, 0.2) is 126 Å². The average molecular weight is 724 g/mol. The maximum Gasteiger partial charge on any atom is 0.134 e. The summed E-state index contributed by atoms with van der Waals surface area (Å²) in [4.78, 5) is 24.6. The van der Waals surface area contributed by atoms with Crippen LogP contribution >= 0.6 is 0 Å². The van der Waals surface area contributed by atoms with Crippen LogP contribution in [0.25, 0.3) is 60.5 Å². The second kappa shape index (κ2) is 11.8. The number of aromatic nitrogens is 3. The highest BCUT2D eigenvalue weighted by atomic mass is 15.4. The fourth-order valence-corrected chi connectivity index (χ4v) is 8.96. The maximum absolute atomic E-state index is 5.08. The van der Waals surface area contributed by atoms with Crippen molar-refractivity contribution < 1.29 is 0 Å². The molecule has 3 aromatic heterocycles. The number of anilines is 2. The van der Waals surface area contributed by atoms with Crippen LogP contribution in [0.2, 0.25) is 0 Å². The van der Waals surface area contributed by atoms with Gasteiger partial charge in [-0.3, -0.25) is 9.98 Å². The lowest BCUT2D eigenvalue weighted by Gasteiger charge is -2.40. The first-order chi connectivity index (χ1) is 26.1. The highest BCUT2D eigenvalue weighted by Gasteiger charge is 2.49. The quantitative estimate of drug-likeness (QED) is 0.177. The first kappa shape index (κ1) is 34.9. The predicted octanol–water partition coefficient (Wildman–Crippen LogP) is 11.7. The Labute approximate surface area is 324 Å². The predicted molar refractivity (Wildman–Crippen MR) is 232 cm³/mol. The van der Waals surface area contributed by atoms with Crippen molar-refractivity contribution in [3.8, 4) is 27.9 Å². The lowest BCUT2D eigenvalue weighted by molar-refractivity contribution is 0.337. The van der Waals surface area contributed by atoms with Gasteiger partial charge in [-0.15, -0.1) is 0 Å². The number of aliphatic imine (C=N–C) groups is 2. The van der Waals surface area contributed by atoms with E-state index in [1.807, 2.05) is 12.4 Å². The molecular weight excluding hydrogens is 675 g/mol. The van der Waals surface area contributed by atoms with E-state index in [2.05, 4.69) is 187 Å². The molecule has 5 heterocycles. The SMILES string of the molecule is CC1=NC(C)(C)C(C)(C)N1c1ccc(-c2ccc3c4c5ccccc5c(-c5ccc(N6C(C)=NC(C)(C)C6(C)C)nc5)cc4n(-c4ccccc4)c3c2)cn1. The zero-order chi connectivity index (χ0) is 38.7. The molecule has 0 bridgehead atoms. The topological polar surface area (TPSA) is 61.9 Å². The third kappa shape index (κ3) is 5.08. The minimum Gasteiger partial charge on any atom is -0.309 e. The number of benzene rings is 4. The van der Waals surface area contributed by atoms with Crippen molar-refractivity contribution in [3.05, 3.63) is 116 Å². The van der Waals surface area contributed by atoms with Crippen LogP contribution in [0.5, 0.6) is 0 Å². The van der Waals surface area contributed by atoms with E-state index in [0.29, 0.717) is 0 Å². The van der Waals surface area contributed by atoms with Crippen LogP contribution < -0.4 is 9.80 Å². The van der Waals surface area contributed by atoms with E-state index < -0.39 is 0 Å². The lowest BCUT2D eigenvalue weighted by atomic mass is 9.83. The molecule has 0 amide bonds. The van der Waals surface area contributed by atoms with Gasteiger partial charge in [-0.2, -0.15) is 0 Å². The van der Waals surface area contributed by atoms with Crippen LogP contribution in [0.4, 0.5) is 11.6 Å². The van der Waals surface area contributed by atoms with Gasteiger partial charge in [-0.25, -0.2) is 9.97 Å². The summed E-state index contributed by atoms with van der Waals surface area (Å²) >= 11 is 0. The molecule has 0 aliphatic carbocycles. The Hall–Kier alpha value is -5.82. The summed E-state index contributed by atoms with van der Waals surface area (Å²) in [6.07, 6.45) is 4.03. The van der Waals surface area contributed by atoms with Crippen LogP contribution in [-0.4, -0.2) is 48.4 Å². The molecular formula is C48H49N7. The third-order valence-corrected chi connectivity index (χ3v) is 13.0. The highest BCUT2D eigenvalue weighted by molar-refractivity contribution is 6.24. The molecule has 7 heteroatoms. The molecule has 4 aromatic carbocycles. The van der Waals surface area contributed by atoms with E-state index in [1.54, 1.807) is 0 Å². The van der Waals surface area contributed by atoms with Gasteiger partial charge >= 0.3 is 0 Å². The van der Waals surface area contributed by atoms with E-state index in [1.165, 1.54) is 21.5 Å². The van der Waals surface area contributed by atoms with Gasteiger partial charge in [-0.05, 0) is 140 Å². The number of nitrogens with zero attached hydrogens (tertiary/aromatic N) is 7. The Bertz CT molecular complexity index is 2710. The van der Waals surface area contributed by atoms with Crippen molar-refractivity contribution in [1.82, 2.24) is 14.5 Å². The summed E-state index contributed by atoms with van der Waals surface area (Å²) in [5.74, 6) is 3.81. The lowest BCUT2D eigenvalue weighted by Crippen LogP contribution is -2.53. The van der Waals surface area contributed by atoms with Gasteiger partial charge in [0.2, 0.25) is 0 Å². The Morgan fingerprint density at radius 3 is 1.53 bits per heavy atom. The summed E-state index contributed by atoms with van der Waals surface area (Å²) in [6.45, 7) is 21.9. The molecule has 0 spiro atoms. The van der Waals surface area contributed by atoms with Gasteiger partial charge in [0.05, 0.1) is 33.2 Å². The standard InChI is InChI=1S/C48H49N7/c1-30-51-45(3,4)47(7,8)54(30)42-24-21-33(28-49-42)32-20-23-38-40(26-32)53(35-16-12-11-13-17-35)41-27-39(36-18-14-15-19-37(36)44(38)41)34-22-25-43(50-29-34)55-31(2)52-46(5,6)48(55,9)10/h11-29H,1-10H3. The van der Waals surface area contributed by atoms with Crippen molar-refractivity contribution >= 4 is 55.9 Å². The van der Waals surface area contributed by atoms with Gasteiger partial charge in [-0.1, -0.05) is 54.6 Å².